The van der Waals surface area contributed by atoms with E-state index in [1.54, 1.807) is 30.2 Å². The van der Waals surface area contributed by atoms with E-state index in [1.807, 2.05) is 29.2 Å². The number of benzene rings is 2. The normalized spacial score (nSPS) is 14.0. The minimum Gasteiger partial charge on any atom is -0.494 e. The predicted molar refractivity (Wildman–Crippen MR) is 149 cm³/mol. The number of thiazole rings is 1. The van der Waals surface area contributed by atoms with Gasteiger partial charge in [0.1, 0.15) is 11.3 Å². The first-order chi connectivity index (χ1) is 16.7. The molecule has 0 saturated carbocycles. The van der Waals surface area contributed by atoms with E-state index in [1.165, 1.54) is 4.90 Å². The van der Waals surface area contributed by atoms with Crippen molar-refractivity contribution in [2.24, 2.45) is 0 Å². The van der Waals surface area contributed by atoms with Crippen LogP contribution in [0.1, 0.15) is 24.8 Å². The number of hydrogen-bond donors (Lipinski definition) is 0. The van der Waals surface area contributed by atoms with Crippen molar-refractivity contribution >= 4 is 56.8 Å². The molecule has 4 rings (SSSR count). The Hall–Kier alpha value is -1.84. The SMILES string of the molecule is COc1ccc(C)c2sc(N(CCCN3CCOCC3)C(=O)CCCSc3ccccc3)nc12.Cl. The average molecular weight is 536 g/mol. The topological polar surface area (TPSA) is 54.9 Å². The Bertz CT molecular complexity index is 1070. The number of nitrogens with zero attached hydrogens (tertiary/aromatic N) is 3. The molecule has 0 radical (unpaired) electrons. The number of anilines is 1. The number of hydrogen-bond acceptors (Lipinski definition) is 7. The summed E-state index contributed by atoms with van der Waals surface area (Å²) in [4.78, 5) is 23.8. The van der Waals surface area contributed by atoms with Gasteiger partial charge >= 0.3 is 0 Å². The van der Waals surface area contributed by atoms with Crippen molar-refractivity contribution in [1.82, 2.24) is 9.88 Å². The van der Waals surface area contributed by atoms with E-state index in [0.29, 0.717) is 13.0 Å². The van der Waals surface area contributed by atoms with Crippen molar-refractivity contribution in [3.63, 3.8) is 0 Å². The summed E-state index contributed by atoms with van der Waals surface area (Å²) < 4.78 is 12.1. The van der Waals surface area contributed by atoms with Crippen molar-refractivity contribution in [3.8, 4) is 5.75 Å². The van der Waals surface area contributed by atoms with Crippen LogP contribution in [0.15, 0.2) is 47.4 Å². The van der Waals surface area contributed by atoms with E-state index in [0.717, 1.165) is 78.1 Å². The Morgan fingerprint density at radius 2 is 1.94 bits per heavy atom. The first-order valence-corrected chi connectivity index (χ1v) is 13.7. The highest BCUT2D eigenvalue weighted by atomic mass is 35.5. The molecule has 0 N–H and O–H groups in total. The second-order valence-corrected chi connectivity index (χ2v) is 10.5. The van der Waals surface area contributed by atoms with Crippen LogP contribution in [0.2, 0.25) is 0 Å². The highest BCUT2D eigenvalue weighted by molar-refractivity contribution is 7.99. The van der Waals surface area contributed by atoms with Gasteiger partial charge in [-0.25, -0.2) is 4.98 Å². The van der Waals surface area contributed by atoms with Crippen LogP contribution in [0.4, 0.5) is 5.13 Å². The predicted octanol–water partition coefficient (Wildman–Crippen LogP) is 5.66. The highest BCUT2D eigenvalue weighted by Gasteiger charge is 2.22. The molecule has 3 aromatic rings. The maximum atomic E-state index is 13.4. The van der Waals surface area contributed by atoms with Gasteiger partial charge < -0.3 is 9.47 Å². The zero-order chi connectivity index (χ0) is 23.8. The highest BCUT2D eigenvalue weighted by Crippen LogP contribution is 2.36. The van der Waals surface area contributed by atoms with E-state index >= 15 is 0 Å². The van der Waals surface area contributed by atoms with Crippen LogP contribution in [0, 0.1) is 6.92 Å². The molecular formula is C26H34ClN3O3S2. The van der Waals surface area contributed by atoms with Gasteiger partial charge in [0.25, 0.3) is 0 Å². The van der Waals surface area contributed by atoms with E-state index in [4.69, 9.17) is 14.5 Å². The van der Waals surface area contributed by atoms with Gasteiger partial charge in [-0.05, 0) is 49.3 Å². The second-order valence-electron chi connectivity index (χ2n) is 8.38. The van der Waals surface area contributed by atoms with Gasteiger partial charge in [0, 0.05) is 37.5 Å². The maximum Gasteiger partial charge on any atom is 0.228 e. The number of halogens is 1. The van der Waals surface area contributed by atoms with Crippen molar-refractivity contribution in [2.45, 2.75) is 31.1 Å². The number of fused-ring (bicyclic) bond motifs is 1. The van der Waals surface area contributed by atoms with Crippen LogP contribution < -0.4 is 9.64 Å². The molecule has 1 saturated heterocycles. The summed E-state index contributed by atoms with van der Waals surface area (Å²) >= 11 is 3.39. The number of rotatable bonds is 11. The van der Waals surface area contributed by atoms with Crippen molar-refractivity contribution < 1.29 is 14.3 Å². The van der Waals surface area contributed by atoms with Crippen LogP contribution in [0.5, 0.6) is 5.75 Å². The van der Waals surface area contributed by atoms with Crippen LogP contribution >= 0.6 is 35.5 Å². The van der Waals surface area contributed by atoms with Crippen LogP contribution in [-0.2, 0) is 9.53 Å². The molecule has 35 heavy (non-hydrogen) atoms. The molecule has 6 nitrogen and oxygen atoms in total. The van der Waals surface area contributed by atoms with Crippen LogP contribution in [-0.4, -0.2) is 68.0 Å². The van der Waals surface area contributed by atoms with Crippen molar-refractivity contribution in [2.75, 3.05) is 57.2 Å². The molecule has 0 bridgehead atoms. The standard InChI is InChI=1S/C26H33N3O3S2.ClH/c1-20-11-12-22(31-2)24-25(20)34-26(27-24)29(14-7-13-28-15-17-32-18-16-28)23(30)10-6-19-33-21-8-4-3-5-9-21;/h3-5,8-9,11-12H,6-7,10,13-19H2,1-2H3;1H. The van der Waals surface area contributed by atoms with Crippen LogP contribution in [0.3, 0.4) is 0 Å². The number of carbonyl (C=O) groups is 1. The number of amides is 1. The van der Waals surface area contributed by atoms with E-state index in [-0.39, 0.29) is 18.3 Å². The molecule has 1 aliphatic rings. The molecular weight excluding hydrogens is 502 g/mol. The fourth-order valence-corrected chi connectivity index (χ4v) is 6.02. The molecule has 0 atom stereocenters. The Balaban J connectivity index is 0.00000342. The van der Waals surface area contributed by atoms with Crippen molar-refractivity contribution in [3.05, 3.63) is 48.0 Å². The van der Waals surface area contributed by atoms with Gasteiger partial charge in [0.2, 0.25) is 5.91 Å². The lowest BCUT2D eigenvalue weighted by Gasteiger charge is -2.27. The maximum absolute atomic E-state index is 13.4. The third kappa shape index (κ3) is 7.57. The van der Waals surface area contributed by atoms with Gasteiger partial charge in [0.15, 0.2) is 5.13 Å². The molecule has 2 aromatic carbocycles. The Kier molecular flexibility index (Phi) is 11.1. The minimum atomic E-state index is 0. The average Bonchev–Trinajstić information content (AvgIpc) is 3.32. The third-order valence-electron chi connectivity index (χ3n) is 5.95. The lowest BCUT2D eigenvalue weighted by atomic mass is 10.2. The summed E-state index contributed by atoms with van der Waals surface area (Å²) in [6, 6.07) is 14.3. The van der Waals surface area contributed by atoms with E-state index in [9.17, 15) is 4.79 Å². The van der Waals surface area contributed by atoms with Gasteiger partial charge in [-0.1, -0.05) is 35.6 Å². The molecule has 0 aliphatic carbocycles. The molecule has 1 aliphatic heterocycles. The van der Waals surface area contributed by atoms with Gasteiger partial charge in [-0.3, -0.25) is 14.6 Å². The first-order valence-electron chi connectivity index (χ1n) is 11.9. The monoisotopic (exact) mass is 535 g/mol. The molecule has 9 heteroatoms. The summed E-state index contributed by atoms with van der Waals surface area (Å²) in [6.45, 7) is 7.21. The number of aryl methyl sites for hydroxylation is 1. The van der Waals surface area contributed by atoms with E-state index in [2.05, 4.69) is 30.0 Å². The number of morpholine rings is 1. The summed E-state index contributed by atoms with van der Waals surface area (Å²) in [6.07, 6.45) is 2.27. The second kappa shape index (κ2) is 14.0. The summed E-state index contributed by atoms with van der Waals surface area (Å²) in [5.41, 5.74) is 1.99. The third-order valence-corrected chi connectivity index (χ3v) is 8.26. The van der Waals surface area contributed by atoms with Gasteiger partial charge in [-0.2, -0.15) is 0 Å². The first kappa shape index (κ1) is 27.7. The number of ether oxygens (including phenoxy) is 2. The molecule has 190 valence electrons. The number of methoxy groups -OCH3 is 1. The summed E-state index contributed by atoms with van der Waals surface area (Å²) in [5.74, 6) is 1.82. The molecule has 1 fully saturated rings. The van der Waals surface area contributed by atoms with Crippen molar-refractivity contribution in [1.29, 1.82) is 0 Å². The fraction of sp³-hybridized carbons (Fsp3) is 0.462. The smallest absolute Gasteiger partial charge is 0.228 e. The van der Waals surface area contributed by atoms with Crippen LogP contribution in [0.25, 0.3) is 10.2 Å². The minimum absolute atomic E-state index is 0. The number of thioether (sulfide) groups is 1. The van der Waals surface area contributed by atoms with E-state index < -0.39 is 0 Å². The molecule has 0 spiro atoms. The number of carbonyl (C=O) groups excluding carboxylic acids is 1. The van der Waals surface area contributed by atoms with Gasteiger partial charge in [-0.15, -0.1) is 24.2 Å². The quantitative estimate of drug-likeness (QED) is 0.233. The summed E-state index contributed by atoms with van der Waals surface area (Å²) in [5, 5.41) is 0.769. The lowest BCUT2D eigenvalue weighted by molar-refractivity contribution is -0.118. The number of aromatic nitrogens is 1. The largest absolute Gasteiger partial charge is 0.494 e. The molecule has 2 heterocycles. The zero-order valence-electron chi connectivity index (χ0n) is 20.4. The Morgan fingerprint density at radius 1 is 1.17 bits per heavy atom. The molecule has 1 aromatic heterocycles. The molecule has 1 amide bonds. The fourth-order valence-electron chi connectivity index (χ4n) is 4.05. The zero-order valence-corrected chi connectivity index (χ0v) is 22.9. The Morgan fingerprint density at radius 3 is 2.69 bits per heavy atom. The molecule has 0 unspecified atom stereocenters. The Labute approximate surface area is 222 Å². The van der Waals surface area contributed by atoms with Gasteiger partial charge in [0.05, 0.1) is 25.0 Å². The lowest BCUT2D eigenvalue weighted by Crippen LogP contribution is -2.39. The summed E-state index contributed by atoms with van der Waals surface area (Å²) in [7, 11) is 1.67.